The van der Waals surface area contributed by atoms with Crippen molar-refractivity contribution in [3.05, 3.63) is 12.2 Å². The average Bonchev–Trinajstić information content (AvgIpc) is 3.34. The molecule has 0 rings (SSSR count). The number of allylic oxidation sites excluding steroid dienone is 2. The number of quaternary nitrogens is 1. The summed E-state index contributed by atoms with van der Waals surface area (Å²) >= 11 is 0. The fourth-order valence-corrected chi connectivity index (χ4v) is 10.7. The van der Waals surface area contributed by atoms with Crippen molar-refractivity contribution in [2.45, 2.75) is 347 Å². The van der Waals surface area contributed by atoms with Gasteiger partial charge in [0, 0.05) is 6.42 Å². The molecule has 1 amide bonds. The van der Waals surface area contributed by atoms with Crippen molar-refractivity contribution in [1.82, 2.24) is 5.32 Å². The monoisotopic (exact) mass is 1040 g/mol. The normalized spacial score (nSPS) is 13.8. The number of phosphoric ester groups is 1. The molecule has 2 N–H and O–H groups in total. The van der Waals surface area contributed by atoms with E-state index in [0.717, 1.165) is 38.5 Å². The number of unbranched alkanes of at least 4 members (excludes halogenated alkanes) is 45. The summed E-state index contributed by atoms with van der Waals surface area (Å²) in [6, 6.07) is -0.797. The summed E-state index contributed by atoms with van der Waals surface area (Å²) in [5.41, 5.74) is 0. The summed E-state index contributed by atoms with van der Waals surface area (Å²) < 4.78 is 23.5. The fraction of sp³-hybridized carbons (Fsp3) is 0.952. The molecule has 0 aliphatic carbocycles. The maximum absolute atomic E-state index is 13.0. The van der Waals surface area contributed by atoms with Crippen LogP contribution < -0.4 is 10.2 Å². The van der Waals surface area contributed by atoms with Crippen LogP contribution in [-0.2, 0) is 18.4 Å². The molecule has 0 saturated heterocycles. The SMILES string of the molecule is CCCCCCCCCCCCCC/C=C\CCCCCCCCCCCCCCCCCCC(=O)NC(COP(=O)([O-])OCC[N+](C)(C)C)C(O)CCCCCCCCCCCCCCCCCCCC. The number of rotatable bonds is 60. The molecule has 0 aromatic rings. The molecule has 0 fully saturated rings. The Hall–Kier alpha value is -0.760. The minimum absolute atomic E-state index is 0.0154. The predicted octanol–water partition coefficient (Wildman–Crippen LogP) is 19.1. The van der Waals surface area contributed by atoms with Crippen molar-refractivity contribution >= 4 is 13.7 Å². The summed E-state index contributed by atoms with van der Waals surface area (Å²) in [4.78, 5) is 25.6. The maximum atomic E-state index is 13.0. The van der Waals surface area contributed by atoms with E-state index in [9.17, 15) is 19.4 Å². The van der Waals surface area contributed by atoms with Crippen LogP contribution >= 0.6 is 7.82 Å². The van der Waals surface area contributed by atoms with E-state index in [1.807, 2.05) is 21.1 Å². The molecular weight excluding hydrogens is 912 g/mol. The molecule has 9 heteroatoms. The molecule has 0 saturated carbocycles. The number of aliphatic hydroxyl groups is 1. The lowest BCUT2D eigenvalue weighted by atomic mass is 10.0. The quantitative estimate of drug-likeness (QED) is 0.0272. The summed E-state index contributed by atoms with van der Waals surface area (Å²) in [7, 11) is 1.32. The topological polar surface area (TPSA) is 108 Å². The summed E-state index contributed by atoms with van der Waals surface area (Å²) in [6.07, 6.45) is 68.4. The highest BCUT2D eigenvalue weighted by Crippen LogP contribution is 2.38. The minimum Gasteiger partial charge on any atom is -0.756 e. The summed E-state index contributed by atoms with van der Waals surface area (Å²) in [5.74, 6) is -0.157. The highest BCUT2D eigenvalue weighted by atomic mass is 31.2. The molecule has 0 aliphatic heterocycles. The standard InChI is InChI=1S/C63H127N2O6P/c1-6-8-10-12-14-16-18-20-22-24-26-27-28-29-30-31-32-33-34-35-36-37-38-39-41-43-45-47-49-51-53-55-57-63(67)64-61(60-71-72(68,69)70-59-58-65(3,4)5)62(66)56-54-52-50-48-46-44-42-40-25-23-21-19-17-15-13-11-9-7-2/h29-30,61-62,66H,6-28,31-60H2,1-5H3,(H-,64,67,68,69)/b30-29-. The Morgan fingerprint density at radius 2 is 0.764 bits per heavy atom. The van der Waals surface area contributed by atoms with Crippen LogP contribution in [0.2, 0.25) is 0 Å². The third kappa shape index (κ3) is 57.0. The lowest BCUT2D eigenvalue weighted by molar-refractivity contribution is -0.870. The molecule has 0 spiro atoms. The van der Waals surface area contributed by atoms with E-state index in [4.69, 9.17) is 9.05 Å². The van der Waals surface area contributed by atoms with Crippen molar-refractivity contribution in [1.29, 1.82) is 0 Å². The van der Waals surface area contributed by atoms with Gasteiger partial charge in [-0.3, -0.25) is 9.36 Å². The number of phosphoric acid groups is 1. The van der Waals surface area contributed by atoms with Crippen molar-refractivity contribution in [2.24, 2.45) is 0 Å². The number of likely N-dealkylation sites (N-methyl/N-ethyl adjacent to an activating group) is 1. The lowest BCUT2D eigenvalue weighted by Crippen LogP contribution is -2.46. The highest BCUT2D eigenvalue weighted by Gasteiger charge is 2.24. The largest absolute Gasteiger partial charge is 0.756 e. The van der Waals surface area contributed by atoms with Gasteiger partial charge in [-0.1, -0.05) is 302 Å². The van der Waals surface area contributed by atoms with E-state index >= 15 is 0 Å². The van der Waals surface area contributed by atoms with Crippen LogP contribution in [0.25, 0.3) is 0 Å². The van der Waals surface area contributed by atoms with E-state index in [-0.39, 0.29) is 19.1 Å². The number of carbonyl (C=O) groups excluding carboxylic acids is 1. The van der Waals surface area contributed by atoms with Crippen LogP contribution in [0.3, 0.4) is 0 Å². The van der Waals surface area contributed by atoms with E-state index < -0.39 is 20.0 Å². The van der Waals surface area contributed by atoms with Crippen molar-refractivity contribution < 1.29 is 32.9 Å². The van der Waals surface area contributed by atoms with Gasteiger partial charge in [0.2, 0.25) is 5.91 Å². The molecule has 0 aromatic carbocycles. The number of hydrogen-bond donors (Lipinski definition) is 2. The Balaban J connectivity index is 3.99. The van der Waals surface area contributed by atoms with Gasteiger partial charge in [-0.15, -0.1) is 0 Å². The van der Waals surface area contributed by atoms with Gasteiger partial charge >= 0.3 is 0 Å². The number of carbonyl (C=O) groups is 1. The van der Waals surface area contributed by atoms with Gasteiger partial charge in [0.1, 0.15) is 13.2 Å². The molecular formula is C63H127N2O6P. The van der Waals surface area contributed by atoms with Gasteiger partial charge < -0.3 is 28.8 Å². The van der Waals surface area contributed by atoms with Crippen molar-refractivity contribution in [2.75, 3.05) is 40.9 Å². The zero-order valence-electron chi connectivity index (χ0n) is 49.2. The van der Waals surface area contributed by atoms with E-state index in [1.165, 1.54) is 270 Å². The van der Waals surface area contributed by atoms with E-state index in [0.29, 0.717) is 23.9 Å². The zero-order chi connectivity index (χ0) is 52.7. The third-order valence-corrected chi connectivity index (χ3v) is 16.0. The highest BCUT2D eigenvalue weighted by molar-refractivity contribution is 7.45. The Labute approximate surface area is 450 Å². The van der Waals surface area contributed by atoms with Gasteiger partial charge in [0.05, 0.1) is 39.9 Å². The average molecular weight is 1040 g/mol. The molecule has 430 valence electrons. The van der Waals surface area contributed by atoms with Gasteiger partial charge in [-0.2, -0.15) is 0 Å². The number of aliphatic hydroxyl groups excluding tert-OH is 1. The second-order valence-electron chi connectivity index (χ2n) is 23.5. The molecule has 0 aromatic heterocycles. The second-order valence-corrected chi connectivity index (χ2v) is 24.9. The first-order valence-corrected chi connectivity index (χ1v) is 33.5. The zero-order valence-corrected chi connectivity index (χ0v) is 50.1. The number of nitrogens with one attached hydrogen (secondary N) is 1. The second kappa shape index (κ2) is 55.0. The maximum Gasteiger partial charge on any atom is 0.268 e. The summed E-state index contributed by atoms with van der Waals surface area (Å²) in [6.45, 7) is 4.78. The number of nitrogens with zero attached hydrogens (tertiary/aromatic N) is 1. The first-order chi connectivity index (χ1) is 35.0. The predicted molar refractivity (Wildman–Crippen MR) is 312 cm³/mol. The van der Waals surface area contributed by atoms with Crippen LogP contribution in [0.5, 0.6) is 0 Å². The van der Waals surface area contributed by atoms with Crippen LogP contribution in [-0.4, -0.2) is 68.5 Å². The molecule has 72 heavy (non-hydrogen) atoms. The molecule has 0 bridgehead atoms. The van der Waals surface area contributed by atoms with Crippen LogP contribution in [0, 0.1) is 0 Å². The van der Waals surface area contributed by atoms with Crippen LogP contribution in [0.4, 0.5) is 0 Å². The van der Waals surface area contributed by atoms with E-state index in [1.54, 1.807) is 0 Å². The molecule has 3 unspecified atom stereocenters. The van der Waals surface area contributed by atoms with Crippen molar-refractivity contribution in [3.8, 4) is 0 Å². The molecule has 3 atom stereocenters. The third-order valence-electron chi connectivity index (χ3n) is 15.0. The Bertz CT molecular complexity index is 1180. The summed E-state index contributed by atoms with van der Waals surface area (Å²) in [5, 5.41) is 14.0. The number of hydrogen-bond acceptors (Lipinski definition) is 6. The Morgan fingerprint density at radius 3 is 1.08 bits per heavy atom. The fourth-order valence-electron chi connectivity index (χ4n) is 9.98. The Kier molecular flexibility index (Phi) is 54.4. The molecule has 0 heterocycles. The smallest absolute Gasteiger partial charge is 0.268 e. The minimum atomic E-state index is -4.57. The first-order valence-electron chi connectivity index (χ1n) is 32.0. The molecule has 8 nitrogen and oxygen atoms in total. The van der Waals surface area contributed by atoms with Gasteiger partial charge in [-0.25, -0.2) is 0 Å². The number of amides is 1. The van der Waals surface area contributed by atoms with Gasteiger partial charge in [-0.05, 0) is 38.5 Å². The van der Waals surface area contributed by atoms with Crippen molar-refractivity contribution in [3.63, 3.8) is 0 Å². The molecule has 0 aliphatic rings. The lowest BCUT2D eigenvalue weighted by Gasteiger charge is -2.30. The first kappa shape index (κ1) is 71.2. The van der Waals surface area contributed by atoms with Gasteiger partial charge in [0.15, 0.2) is 0 Å². The van der Waals surface area contributed by atoms with Crippen LogP contribution in [0.15, 0.2) is 12.2 Å². The van der Waals surface area contributed by atoms with Gasteiger partial charge in [0.25, 0.3) is 7.82 Å². The van der Waals surface area contributed by atoms with Crippen LogP contribution in [0.1, 0.15) is 335 Å². The Morgan fingerprint density at radius 1 is 0.472 bits per heavy atom. The van der Waals surface area contributed by atoms with E-state index in [2.05, 4.69) is 31.3 Å². The molecule has 0 radical (unpaired) electrons.